The lowest BCUT2D eigenvalue weighted by atomic mass is 10.0. The van der Waals surface area contributed by atoms with Crippen LogP contribution in [0.1, 0.15) is 24.2 Å². The van der Waals surface area contributed by atoms with E-state index in [1.165, 1.54) is 11.3 Å². The van der Waals surface area contributed by atoms with Gasteiger partial charge in [0.05, 0.1) is 11.7 Å². The van der Waals surface area contributed by atoms with Crippen molar-refractivity contribution in [3.05, 3.63) is 53.9 Å². The summed E-state index contributed by atoms with van der Waals surface area (Å²) in [5.74, 6) is 0. The minimum Gasteiger partial charge on any atom is -0.311 e. The fourth-order valence-corrected chi connectivity index (χ4v) is 2.11. The Kier molecular flexibility index (Phi) is 3.94. The van der Waals surface area contributed by atoms with E-state index in [-0.39, 0.29) is 0 Å². The molecule has 0 saturated heterocycles. The molecule has 3 heteroatoms. The molecule has 0 saturated carbocycles. The summed E-state index contributed by atoms with van der Waals surface area (Å²) in [6.07, 6.45) is 2.86. The highest BCUT2D eigenvalue weighted by Gasteiger charge is 2.13. The number of nitrogens with zero attached hydrogens (tertiary/aromatic N) is 2. The van der Waals surface area contributed by atoms with Crippen LogP contribution in [0.15, 0.2) is 42.6 Å². The Balaban J connectivity index is 2.17. The van der Waals surface area contributed by atoms with E-state index >= 15 is 0 Å². The summed E-state index contributed by atoms with van der Waals surface area (Å²) in [5.41, 5.74) is 2.59. The molecule has 1 aromatic heterocycles. The Hall–Kier alpha value is -1.61. The van der Waals surface area contributed by atoms with Crippen LogP contribution in [0.5, 0.6) is 0 Å². The molecule has 3 nitrogen and oxygen atoms in total. The van der Waals surface area contributed by atoms with Crippen LogP contribution in [-0.4, -0.2) is 16.8 Å². The highest BCUT2D eigenvalue weighted by molar-refractivity contribution is 5.19. The number of hydrogen-bond acceptors (Lipinski definition) is 2. The van der Waals surface area contributed by atoms with E-state index in [0.29, 0.717) is 6.04 Å². The maximum atomic E-state index is 4.32. The number of nitrogens with one attached hydrogen (secondary N) is 1. The quantitative estimate of drug-likeness (QED) is 0.853. The zero-order valence-corrected chi connectivity index (χ0v) is 10.4. The van der Waals surface area contributed by atoms with Crippen LogP contribution >= 0.6 is 0 Å². The van der Waals surface area contributed by atoms with Crippen LogP contribution in [0.25, 0.3) is 0 Å². The molecule has 1 atom stereocenters. The molecule has 0 fully saturated rings. The van der Waals surface area contributed by atoms with Gasteiger partial charge in [-0.3, -0.25) is 4.68 Å². The highest BCUT2D eigenvalue weighted by atomic mass is 15.3. The van der Waals surface area contributed by atoms with Crippen molar-refractivity contribution in [2.75, 3.05) is 7.05 Å². The Labute approximate surface area is 102 Å². The van der Waals surface area contributed by atoms with E-state index in [2.05, 4.69) is 47.7 Å². The van der Waals surface area contributed by atoms with Crippen molar-refractivity contribution >= 4 is 0 Å². The van der Waals surface area contributed by atoms with Gasteiger partial charge >= 0.3 is 0 Å². The lowest BCUT2D eigenvalue weighted by molar-refractivity contribution is 0.513. The largest absolute Gasteiger partial charge is 0.311 e. The van der Waals surface area contributed by atoms with Crippen molar-refractivity contribution in [3.8, 4) is 0 Å². The average molecular weight is 229 g/mol. The summed E-state index contributed by atoms with van der Waals surface area (Å²) in [6, 6.07) is 13.0. The first-order chi connectivity index (χ1) is 8.35. The number of likely N-dealkylation sites (N-methyl/N-ethyl adjacent to an activating group) is 1. The van der Waals surface area contributed by atoms with E-state index < -0.39 is 0 Å². The molecule has 2 aromatic rings. The minimum absolute atomic E-state index is 0.319. The molecule has 2 rings (SSSR count). The molecule has 0 aliphatic heterocycles. The third-order valence-electron chi connectivity index (χ3n) is 3.04. The van der Waals surface area contributed by atoms with E-state index in [1.54, 1.807) is 0 Å². The van der Waals surface area contributed by atoms with Crippen molar-refractivity contribution in [1.82, 2.24) is 15.1 Å². The standard InChI is InChI=1S/C14H19N3/c1-3-17-14(9-10-16-17)13(15-2)11-12-7-5-4-6-8-12/h4-10,13,15H,3,11H2,1-2H3. The lowest BCUT2D eigenvalue weighted by Gasteiger charge is -2.17. The van der Waals surface area contributed by atoms with Crippen LogP contribution in [0, 0.1) is 0 Å². The fraction of sp³-hybridized carbons (Fsp3) is 0.357. The summed E-state index contributed by atoms with van der Waals surface area (Å²) in [6.45, 7) is 3.03. The van der Waals surface area contributed by atoms with Crippen molar-refractivity contribution in [2.45, 2.75) is 25.9 Å². The maximum Gasteiger partial charge on any atom is 0.0556 e. The molecule has 0 aliphatic carbocycles. The number of hydrogen-bond donors (Lipinski definition) is 1. The van der Waals surface area contributed by atoms with Crippen molar-refractivity contribution < 1.29 is 0 Å². The molecule has 0 amide bonds. The van der Waals surface area contributed by atoms with Gasteiger partial charge in [0.15, 0.2) is 0 Å². The molecule has 0 spiro atoms. The molecular weight excluding hydrogens is 210 g/mol. The Morgan fingerprint density at radius 1 is 1.24 bits per heavy atom. The number of benzene rings is 1. The molecule has 1 N–H and O–H groups in total. The molecule has 0 aliphatic rings. The average Bonchev–Trinajstić information content (AvgIpc) is 2.85. The summed E-state index contributed by atoms with van der Waals surface area (Å²) in [4.78, 5) is 0. The predicted octanol–water partition coefficient (Wildman–Crippen LogP) is 2.41. The van der Waals surface area contributed by atoms with E-state index in [9.17, 15) is 0 Å². The van der Waals surface area contributed by atoms with Gasteiger partial charge in [0.1, 0.15) is 0 Å². The monoisotopic (exact) mass is 229 g/mol. The van der Waals surface area contributed by atoms with Gasteiger partial charge in [0, 0.05) is 12.7 Å². The minimum atomic E-state index is 0.319. The van der Waals surface area contributed by atoms with Gasteiger partial charge in [0.25, 0.3) is 0 Å². The van der Waals surface area contributed by atoms with E-state index in [4.69, 9.17) is 0 Å². The molecule has 17 heavy (non-hydrogen) atoms. The lowest BCUT2D eigenvalue weighted by Crippen LogP contribution is -2.22. The zero-order valence-electron chi connectivity index (χ0n) is 10.4. The van der Waals surface area contributed by atoms with Crippen molar-refractivity contribution in [1.29, 1.82) is 0 Å². The van der Waals surface area contributed by atoms with Crippen LogP contribution in [-0.2, 0) is 13.0 Å². The van der Waals surface area contributed by atoms with Crippen molar-refractivity contribution in [2.24, 2.45) is 0 Å². The first-order valence-corrected chi connectivity index (χ1v) is 6.08. The summed E-state index contributed by atoms with van der Waals surface area (Å²) in [5, 5.41) is 7.69. The van der Waals surface area contributed by atoms with E-state index in [0.717, 1.165) is 13.0 Å². The van der Waals surface area contributed by atoms with Gasteiger partial charge in [-0.05, 0) is 32.0 Å². The van der Waals surface area contributed by atoms with Crippen LogP contribution < -0.4 is 5.32 Å². The highest BCUT2D eigenvalue weighted by Crippen LogP contribution is 2.17. The summed E-state index contributed by atoms with van der Waals surface area (Å²) < 4.78 is 2.05. The van der Waals surface area contributed by atoms with Gasteiger partial charge in [-0.1, -0.05) is 30.3 Å². The molecule has 1 aromatic carbocycles. The topological polar surface area (TPSA) is 29.9 Å². The molecule has 0 radical (unpaired) electrons. The van der Waals surface area contributed by atoms with Crippen LogP contribution in [0.2, 0.25) is 0 Å². The van der Waals surface area contributed by atoms with Gasteiger partial charge in [0.2, 0.25) is 0 Å². The number of rotatable bonds is 5. The van der Waals surface area contributed by atoms with Crippen LogP contribution in [0.3, 0.4) is 0 Å². The predicted molar refractivity (Wildman–Crippen MR) is 69.8 cm³/mol. The summed E-state index contributed by atoms with van der Waals surface area (Å²) >= 11 is 0. The molecule has 0 bridgehead atoms. The second-order valence-electron chi connectivity index (χ2n) is 4.10. The Bertz CT molecular complexity index is 448. The van der Waals surface area contributed by atoms with Gasteiger partial charge < -0.3 is 5.32 Å². The molecule has 1 heterocycles. The smallest absolute Gasteiger partial charge is 0.0556 e. The van der Waals surface area contributed by atoms with Crippen LogP contribution in [0.4, 0.5) is 0 Å². The maximum absolute atomic E-state index is 4.32. The molecule has 90 valence electrons. The Morgan fingerprint density at radius 3 is 2.65 bits per heavy atom. The van der Waals surface area contributed by atoms with Gasteiger partial charge in [-0.2, -0.15) is 5.10 Å². The fourth-order valence-electron chi connectivity index (χ4n) is 2.11. The second-order valence-corrected chi connectivity index (χ2v) is 4.10. The first-order valence-electron chi connectivity index (χ1n) is 6.08. The number of aromatic nitrogens is 2. The first kappa shape index (κ1) is 11.9. The van der Waals surface area contributed by atoms with Gasteiger partial charge in [-0.25, -0.2) is 0 Å². The third kappa shape index (κ3) is 2.74. The summed E-state index contributed by atoms with van der Waals surface area (Å²) in [7, 11) is 2.00. The number of aryl methyl sites for hydroxylation is 1. The molecular formula is C14H19N3. The second kappa shape index (κ2) is 5.64. The normalized spacial score (nSPS) is 12.6. The molecule has 1 unspecified atom stereocenters. The SMILES string of the molecule is CCn1nccc1C(Cc1ccccc1)NC. The Morgan fingerprint density at radius 2 is 2.00 bits per heavy atom. The van der Waals surface area contributed by atoms with Crippen molar-refractivity contribution in [3.63, 3.8) is 0 Å². The van der Waals surface area contributed by atoms with E-state index in [1.807, 2.05) is 24.0 Å². The zero-order chi connectivity index (χ0) is 12.1. The third-order valence-corrected chi connectivity index (χ3v) is 3.04. The van der Waals surface area contributed by atoms with Gasteiger partial charge in [-0.15, -0.1) is 0 Å².